The van der Waals surface area contributed by atoms with Crippen molar-refractivity contribution in [3.05, 3.63) is 44.6 Å². The van der Waals surface area contributed by atoms with Crippen molar-refractivity contribution in [1.82, 2.24) is 18.7 Å². The highest BCUT2D eigenvalue weighted by atomic mass is 16.5. The van der Waals surface area contributed by atoms with E-state index in [4.69, 9.17) is 4.74 Å². The average Bonchev–Trinajstić information content (AvgIpc) is 3.28. The van der Waals surface area contributed by atoms with Crippen LogP contribution in [0.5, 0.6) is 5.75 Å². The van der Waals surface area contributed by atoms with Crippen molar-refractivity contribution in [1.29, 1.82) is 0 Å². The van der Waals surface area contributed by atoms with Crippen LogP contribution in [0.3, 0.4) is 0 Å². The second-order valence-electron chi connectivity index (χ2n) is 6.87. The van der Waals surface area contributed by atoms with Gasteiger partial charge in [-0.2, -0.15) is 4.98 Å². The van der Waals surface area contributed by atoms with E-state index in [-0.39, 0.29) is 11.2 Å². The number of anilines is 2. The van der Waals surface area contributed by atoms with Gasteiger partial charge in [0.15, 0.2) is 11.2 Å². The summed E-state index contributed by atoms with van der Waals surface area (Å²) >= 11 is 0. The predicted octanol–water partition coefficient (Wildman–Crippen LogP) is 0.538. The Morgan fingerprint density at radius 1 is 1.21 bits per heavy atom. The van der Waals surface area contributed by atoms with Crippen molar-refractivity contribution < 1.29 is 14.3 Å². The number of aryl methyl sites for hydroxylation is 2. The van der Waals surface area contributed by atoms with Crippen LogP contribution in [-0.4, -0.2) is 45.4 Å². The lowest BCUT2D eigenvalue weighted by Gasteiger charge is -2.19. The maximum Gasteiger partial charge on any atom is 0.333 e. The van der Waals surface area contributed by atoms with E-state index in [0.717, 1.165) is 15.8 Å². The first-order valence-electron chi connectivity index (χ1n) is 9.06. The first-order valence-corrected chi connectivity index (χ1v) is 9.06. The molecule has 1 aliphatic rings. The standard InChI is InChI=1S/C19H21N5O5/c1-11-5-6-13(28-3)12(9-11)22-7-8-23-15-16(20-18(22)23)21(2)19(27)24(17(15)26)10-14(25)29-4/h5-6,9H,7-8,10H2,1-4H3. The molecule has 10 heteroatoms. The minimum absolute atomic E-state index is 0.271. The smallest absolute Gasteiger partial charge is 0.333 e. The quantitative estimate of drug-likeness (QED) is 0.590. The maximum atomic E-state index is 13.0. The van der Waals surface area contributed by atoms with Gasteiger partial charge in [-0.15, -0.1) is 0 Å². The fraction of sp³-hybridized carbons (Fsp3) is 0.368. The van der Waals surface area contributed by atoms with E-state index < -0.39 is 23.8 Å². The number of benzene rings is 1. The molecular formula is C19H21N5O5. The Morgan fingerprint density at radius 3 is 2.66 bits per heavy atom. The molecule has 1 aromatic carbocycles. The number of hydrogen-bond donors (Lipinski definition) is 0. The normalized spacial score (nSPS) is 13.0. The summed E-state index contributed by atoms with van der Waals surface area (Å²) in [6.07, 6.45) is 0. The Kier molecular flexibility index (Phi) is 4.40. The van der Waals surface area contributed by atoms with Crippen molar-refractivity contribution in [2.24, 2.45) is 7.05 Å². The molecule has 152 valence electrons. The maximum absolute atomic E-state index is 13.0. The number of methoxy groups -OCH3 is 2. The number of ether oxygens (including phenoxy) is 2. The predicted molar refractivity (Wildman–Crippen MR) is 106 cm³/mol. The molecule has 10 nitrogen and oxygen atoms in total. The third-order valence-electron chi connectivity index (χ3n) is 5.14. The number of carbonyl (C=O) groups excluding carboxylic acids is 1. The van der Waals surface area contributed by atoms with Crippen molar-refractivity contribution in [2.45, 2.75) is 20.0 Å². The summed E-state index contributed by atoms with van der Waals surface area (Å²) in [5.41, 5.74) is 1.26. The molecule has 0 N–H and O–H groups in total. The van der Waals surface area contributed by atoms with Gasteiger partial charge < -0.3 is 18.9 Å². The van der Waals surface area contributed by atoms with E-state index in [9.17, 15) is 14.4 Å². The largest absolute Gasteiger partial charge is 0.495 e. The molecular weight excluding hydrogens is 378 g/mol. The summed E-state index contributed by atoms with van der Waals surface area (Å²) in [5.74, 6) is 0.566. The van der Waals surface area contributed by atoms with Gasteiger partial charge in [0.1, 0.15) is 12.3 Å². The van der Waals surface area contributed by atoms with E-state index in [1.54, 1.807) is 11.7 Å². The fourth-order valence-corrected chi connectivity index (χ4v) is 3.65. The molecule has 1 aliphatic heterocycles. The minimum Gasteiger partial charge on any atom is -0.495 e. The fourth-order valence-electron chi connectivity index (χ4n) is 3.65. The molecule has 3 heterocycles. The first-order chi connectivity index (χ1) is 13.9. The highest BCUT2D eigenvalue weighted by Crippen LogP contribution is 2.37. The zero-order valence-electron chi connectivity index (χ0n) is 16.6. The zero-order chi connectivity index (χ0) is 20.9. The second kappa shape index (κ2) is 6.80. The molecule has 4 rings (SSSR count). The molecule has 0 saturated heterocycles. The van der Waals surface area contributed by atoms with Crippen LogP contribution in [0.25, 0.3) is 11.2 Å². The summed E-state index contributed by atoms with van der Waals surface area (Å²) < 4.78 is 14.0. The summed E-state index contributed by atoms with van der Waals surface area (Å²) in [6.45, 7) is 2.64. The van der Waals surface area contributed by atoms with Crippen LogP contribution in [0, 0.1) is 6.92 Å². The van der Waals surface area contributed by atoms with Gasteiger partial charge in [0.05, 0.1) is 19.9 Å². The number of rotatable bonds is 4. The van der Waals surface area contributed by atoms with E-state index in [0.29, 0.717) is 24.8 Å². The molecule has 0 bridgehead atoms. The van der Waals surface area contributed by atoms with Gasteiger partial charge in [0, 0.05) is 20.1 Å². The summed E-state index contributed by atoms with van der Waals surface area (Å²) in [6, 6.07) is 5.83. The summed E-state index contributed by atoms with van der Waals surface area (Å²) in [4.78, 5) is 43.9. The molecule has 2 aromatic heterocycles. The number of carbonyl (C=O) groups is 1. The summed E-state index contributed by atoms with van der Waals surface area (Å²) in [7, 11) is 4.33. The summed E-state index contributed by atoms with van der Waals surface area (Å²) in [5, 5.41) is 0. The van der Waals surface area contributed by atoms with Crippen molar-refractivity contribution in [2.75, 3.05) is 25.7 Å². The van der Waals surface area contributed by atoms with Crippen LogP contribution < -0.4 is 20.9 Å². The van der Waals surface area contributed by atoms with E-state index in [1.807, 2.05) is 30.0 Å². The highest BCUT2D eigenvalue weighted by Gasteiger charge is 2.30. The third kappa shape index (κ3) is 2.79. The Bertz CT molecular complexity index is 1250. The molecule has 0 amide bonds. The SMILES string of the molecule is COC(=O)Cn1c(=O)c2c(nc3n2CCN3c2cc(C)ccc2OC)n(C)c1=O. The van der Waals surface area contributed by atoms with E-state index in [1.165, 1.54) is 18.7 Å². The van der Waals surface area contributed by atoms with Crippen LogP contribution in [0.15, 0.2) is 27.8 Å². The van der Waals surface area contributed by atoms with Crippen LogP contribution in [0.1, 0.15) is 5.56 Å². The van der Waals surface area contributed by atoms with Gasteiger partial charge in [-0.05, 0) is 24.6 Å². The molecule has 0 aliphatic carbocycles. The lowest BCUT2D eigenvalue weighted by molar-refractivity contribution is -0.141. The average molecular weight is 399 g/mol. The second-order valence-corrected chi connectivity index (χ2v) is 6.87. The molecule has 0 fully saturated rings. The van der Waals surface area contributed by atoms with Gasteiger partial charge in [-0.1, -0.05) is 6.07 Å². The Hall–Kier alpha value is -3.56. The van der Waals surface area contributed by atoms with Gasteiger partial charge in [0.2, 0.25) is 5.95 Å². The number of esters is 1. The molecule has 0 unspecified atom stereocenters. The molecule has 0 spiro atoms. The number of aromatic nitrogens is 4. The Morgan fingerprint density at radius 2 is 1.97 bits per heavy atom. The van der Waals surface area contributed by atoms with Gasteiger partial charge in [-0.3, -0.25) is 14.2 Å². The van der Waals surface area contributed by atoms with Crippen LogP contribution in [0.2, 0.25) is 0 Å². The van der Waals surface area contributed by atoms with Crippen LogP contribution in [0.4, 0.5) is 11.6 Å². The molecule has 0 saturated carbocycles. The highest BCUT2D eigenvalue weighted by molar-refractivity contribution is 5.79. The van der Waals surface area contributed by atoms with Crippen LogP contribution >= 0.6 is 0 Å². The van der Waals surface area contributed by atoms with Gasteiger partial charge in [0.25, 0.3) is 5.56 Å². The topological polar surface area (TPSA) is 101 Å². The molecule has 29 heavy (non-hydrogen) atoms. The molecule has 3 aromatic rings. The number of fused-ring (bicyclic) bond motifs is 3. The van der Waals surface area contributed by atoms with Crippen molar-refractivity contribution in [3.8, 4) is 5.75 Å². The monoisotopic (exact) mass is 399 g/mol. The first kappa shape index (κ1) is 18.8. The lowest BCUT2D eigenvalue weighted by Crippen LogP contribution is -2.41. The van der Waals surface area contributed by atoms with Crippen molar-refractivity contribution >= 4 is 28.8 Å². The zero-order valence-corrected chi connectivity index (χ0v) is 16.6. The van der Waals surface area contributed by atoms with Gasteiger partial charge in [-0.25, -0.2) is 9.36 Å². The van der Waals surface area contributed by atoms with Crippen LogP contribution in [-0.2, 0) is 29.7 Å². The van der Waals surface area contributed by atoms with E-state index >= 15 is 0 Å². The molecule has 0 atom stereocenters. The number of imidazole rings is 1. The molecule has 0 radical (unpaired) electrons. The van der Waals surface area contributed by atoms with Gasteiger partial charge >= 0.3 is 11.7 Å². The minimum atomic E-state index is -0.671. The van der Waals surface area contributed by atoms with Crippen molar-refractivity contribution in [3.63, 3.8) is 0 Å². The lowest BCUT2D eigenvalue weighted by atomic mass is 10.2. The number of nitrogens with zero attached hydrogens (tertiary/aromatic N) is 5. The third-order valence-corrected chi connectivity index (χ3v) is 5.14. The number of hydrogen-bond acceptors (Lipinski definition) is 7. The van der Waals surface area contributed by atoms with E-state index in [2.05, 4.69) is 9.72 Å². The Labute approximate surface area is 165 Å². The Balaban J connectivity index is 1.94.